The van der Waals surface area contributed by atoms with Gasteiger partial charge in [0, 0.05) is 23.6 Å². The van der Waals surface area contributed by atoms with Crippen molar-refractivity contribution in [3.8, 4) is 0 Å². The third kappa shape index (κ3) is 2.97. The van der Waals surface area contributed by atoms with Crippen molar-refractivity contribution in [2.45, 2.75) is 19.5 Å². The van der Waals surface area contributed by atoms with E-state index >= 15 is 0 Å². The molecule has 0 fully saturated rings. The highest BCUT2D eigenvalue weighted by Gasteiger charge is 2.43. The monoisotopic (exact) mass is 429 g/mol. The molecule has 2 aromatic heterocycles. The summed E-state index contributed by atoms with van der Waals surface area (Å²) in [5.41, 5.74) is 2.35. The number of carbonyl (C=O) groups is 1. The van der Waals surface area contributed by atoms with Gasteiger partial charge >= 0.3 is 0 Å². The topological polar surface area (TPSA) is 68.4 Å². The Morgan fingerprint density at radius 1 is 1.06 bits per heavy atom. The molecule has 0 spiro atoms. The maximum absolute atomic E-state index is 13.8. The number of nitro groups is 1. The lowest BCUT2D eigenvalue weighted by atomic mass is 9.95. The van der Waals surface area contributed by atoms with Gasteiger partial charge in [0.05, 0.1) is 15.3 Å². The highest BCUT2D eigenvalue weighted by atomic mass is 32.1. The van der Waals surface area contributed by atoms with E-state index in [1.165, 1.54) is 11.3 Å². The van der Waals surface area contributed by atoms with Crippen LogP contribution in [0.4, 0.5) is 5.82 Å². The molecule has 0 saturated heterocycles. The van der Waals surface area contributed by atoms with Crippen LogP contribution in [0.1, 0.15) is 33.8 Å². The number of para-hydroxylation sites is 1. The van der Waals surface area contributed by atoms with E-state index < -0.39 is 6.04 Å². The van der Waals surface area contributed by atoms with Gasteiger partial charge in [-0.2, -0.15) is 0 Å². The van der Waals surface area contributed by atoms with Crippen LogP contribution in [0.5, 0.6) is 0 Å². The van der Waals surface area contributed by atoms with Gasteiger partial charge in [-0.05, 0) is 30.0 Å². The number of nitrogens with zero attached hydrogens (tertiary/aromatic N) is 3. The average Bonchev–Trinajstić information content (AvgIpc) is 3.44. The summed E-state index contributed by atoms with van der Waals surface area (Å²) < 4.78 is 2.07. The van der Waals surface area contributed by atoms with E-state index in [0.717, 1.165) is 10.9 Å². The minimum absolute atomic E-state index is 0.0115. The SMILES string of the molecule is CCn1c2c(c3ccccc31)C=C([N+](=O)[O-])C(c1ccccc1)N2C(=O)c1cccs1. The normalized spacial score (nSPS) is 15.6. The van der Waals surface area contributed by atoms with Crippen molar-refractivity contribution in [1.82, 2.24) is 4.57 Å². The quantitative estimate of drug-likeness (QED) is 0.307. The summed E-state index contributed by atoms with van der Waals surface area (Å²) >= 11 is 1.34. The zero-order chi connectivity index (χ0) is 21.5. The molecular formula is C24H19N3O3S. The Balaban J connectivity index is 1.87. The van der Waals surface area contributed by atoms with Crippen LogP contribution in [0.25, 0.3) is 17.0 Å². The zero-order valence-electron chi connectivity index (χ0n) is 16.8. The summed E-state index contributed by atoms with van der Waals surface area (Å²) in [6, 6.07) is 19.8. The molecular weight excluding hydrogens is 410 g/mol. The fourth-order valence-corrected chi connectivity index (χ4v) is 5.02. The molecule has 6 nitrogen and oxygen atoms in total. The van der Waals surface area contributed by atoms with Crippen molar-refractivity contribution in [2.24, 2.45) is 0 Å². The fraction of sp³-hybridized carbons (Fsp3) is 0.125. The van der Waals surface area contributed by atoms with Gasteiger partial charge in [0.25, 0.3) is 11.6 Å². The smallest absolute Gasteiger partial charge is 0.274 e. The van der Waals surface area contributed by atoms with E-state index in [1.807, 2.05) is 73.0 Å². The number of carbonyl (C=O) groups excluding carboxylic acids is 1. The molecule has 4 aromatic rings. The summed E-state index contributed by atoms with van der Waals surface area (Å²) in [6.07, 6.45) is 1.64. The first-order valence-electron chi connectivity index (χ1n) is 10.0. The predicted octanol–water partition coefficient (Wildman–Crippen LogP) is 5.74. The van der Waals surface area contributed by atoms with E-state index in [9.17, 15) is 14.9 Å². The number of aromatic nitrogens is 1. The van der Waals surface area contributed by atoms with Crippen LogP contribution in [0.15, 0.2) is 77.8 Å². The highest BCUT2D eigenvalue weighted by molar-refractivity contribution is 7.12. The summed E-state index contributed by atoms with van der Waals surface area (Å²) in [7, 11) is 0. The molecule has 31 heavy (non-hydrogen) atoms. The van der Waals surface area contributed by atoms with Crippen LogP contribution in [-0.4, -0.2) is 15.4 Å². The predicted molar refractivity (Wildman–Crippen MR) is 123 cm³/mol. The Morgan fingerprint density at radius 2 is 1.81 bits per heavy atom. The molecule has 1 aliphatic rings. The molecule has 1 unspecified atom stereocenters. The van der Waals surface area contributed by atoms with Gasteiger partial charge in [-0.1, -0.05) is 54.6 Å². The zero-order valence-corrected chi connectivity index (χ0v) is 17.6. The second-order valence-corrected chi connectivity index (χ2v) is 8.24. The highest BCUT2D eigenvalue weighted by Crippen LogP contribution is 2.46. The molecule has 5 rings (SSSR count). The number of thiophene rings is 1. The molecule has 1 aliphatic heterocycles. The Hall–Kier alpha value is -3.71. The van der Waals surface area contributed by atoms with Gasteiger partial charge in [0.15, 0.2) is 6.04 Å². The van der Waals surface area contributed by atoms with Crippen LogP contribution in [0.3, 0.4) is 0 Å². The van der Waals surface area contributed by atoms with E-state index in [0.29, 0.717) is 28.4 Å². The Bertz CT molecular complexity index is 1320. The number of aryl methyl sites for hydroxylation is 1. The number of hydrogen-bond donors (Lipinski definition) is 0. The third-order valence-corrected chi connectivity index (χ3v) is 6.49. The van der Waals surface area contributed by atoms with Crippen molar-refractivity contribution < 1.29 is 9.72 Å². The van der Waals surface area contributed by atoms with E-state index in [4.69, 9.17) is 0 Å². The van der Waals surface area contributed by atoms with E-state index in [1.54, 1.807) is 17.0 Å². The molecule has 1 amide bonds. The van der Waals surface area contributed by atoms with Crippen molar-refractivity contribution >= 4 is 40.0 Å². The summed E-state index contributed by atoms with van der Waals surface area (Å²) in [4.78, 5) is 27.8. The molecule has 3 heterocycles. The van der Waals surface area contributed by atoms with Crippen LogP contribution >= 0.6 is 11.3 Å². The Kier molecular flexibility index (Phi) is 4.67. The maximum atomic E-state index is 13.8. The number of anilines is 1. The van der Waals surface area contributed by atoms with E-state index in [-0.39, 0.29) is 16.5 Å². The minimum atomic E-state index is -0.826. The number of benzene rings is 2. The molecule has 154 valence electrons. The van der Waals surface area contributed by atoms with Crippen LogP contribution in [0.2, 0.25) is 0 Å². The van der Waals surface area contributed by atoms with Gasteiger partial charge in [0.2, 0.25) is 0 Å². The second kappa shape index (κ2) is 7.52. The molecule has 0 bridgehead atoms. The van der Waals surface area contributed by atoms with E-state index in [2.05, 4.69) is 4.57 Å². The number of fused-ring (bicyclic) bond motifs is 3. The van der Waals surface area contributed by atoms with Crippen molar-refractivity contribution in [2.75, 3.05) is 4.90 Å². The lowest BCUT2D eigenvalue weighted by Gasteiger charge is -2.34. The second-order valence-electron chi connectivity index (χ2n) is 7.29. The largest absolute Gasteiger partial charge is 0.327 e. The Labute approximate surface area is 182 Å². The molecule has 0 saturated carbocycles. The van der Waals surface area contributed by atoms with Gasteiger partial charge in [-0.3, -0.25) is 19.8 Å². The molecule has 0 radical (unpaired) electrons. The number of amides is 1. The standard InChI is InChI=1S/C24H19N3O3S/c1-2-25-19-12-7-6-11-17(19)18-15-20(27(29)30)22(16-9-4-3-5-10-16)26(23(18)25)24(28)21-13-8-14-31-21/h3-15,22H,2H2,1H3. The molecule has 7 heteroatoms. The van der Waals surface area contributed by atoms with Gasteiger partial charge in [0.1, 0.15) is 5.82 Å². The fourth-order valence-electron chi connectivity index (χ4n) is 4.36. The van der Waals surface area contributed by atoms with Gasteiger partial charge in [-0.15, -0.1) is 11.3 Å². The van der Waals surface area contributed by atoms with Crippen LogP contribution in [-0.2, 0) is 6.54 Å². The van der Waals surface area contributed by atoms with Crippen molar-refractivity contribution in [3.05, 3.63) is 104 Å². The van der Waals surface area contributed by atoms with Gasteiger partial charge in [-0.25, -0.2) is 0 Å². The average molecular weight is 430 g/mol. The molecule has 0 N–H and O–H groups in total. The summed E-state index contributed by atoms with van der Waals surface area (Å²) in [6.45, 7) is 2.65. The maximum Gasteiger partial charge on any atom is 0.274 e. The van der Waals surface area contributed by atoms with Crippen LogP contribution in [0, 0.1) is 10.1 Å². The summed E-state index contributed by atoms with van der Waals surface area (Å²) in [5.74, 6) is 0.455. The van der Waals surface area contributed by atoms with Crippen molar-refractivity contribution in [1.29, 1.82) is 0 Å². The minimum Gasteiger partial charge on any atom is -0.327 e. The first kappa shape index (κ1) is 19.3. The summed E-state index contributed by atoms with van der Waals surface area (Å²) in [5, 5.41) is 14.9. The molecule has 0 aliphatic carbocycles. The molecule has 1 atom stereocenters. The number of hydrogen-bond acceptors (Lipinski definition) is 4. The number of rotatable bonds is 4. The first-order valence-corrected chi connectivity index (χ1v) is 10.9. The lowest BCUT2D eigenvalue weighted by molar-refractivity contribution is -0.428. The lowest BCUT2D eigenvalue weighted by Crippen LogP contribution is -2.40. The van der Waals surface area contributed by atoms with Crippen LogP contribution < -0.4 is 4.90 Å². The Morgan fingerprint density at radius 3 is 2.48 bits per heavy atom. The van der Waals surface area contributed by atoms with Crippen molar-refractivity contribution in [3.63, 3.8) is 0 Å². The van der Waals surface area contributed by atoms with Gasteiger partial charge < -0.3 is 4.57 Å². The third-order valence-electron chi connectivity index (χ3n) is 5.63. The first-order chi connectivity index (χ1) is 15.1. The molecule has 2 aromatic carbocycles.